The van der Waals surface area contributed by atoms with Crippen molar-refractivity contribution in [1.82, 2.24) is 14.8 Å². The maximum absolute atomic E-state index is 14.3. The lowest BCUT2D eigenvalue weighted by Gasteiger charge is -2.34. The minimum Gasteiger partial charge on any atom is -0.382 e. The second-order valence-electron chi connectivity index (χ2n) is 5.51. The quantitative estimate of drug-likeness (QED) is 0.748. The van der Waals surface area contributed by atoms with E-state index in [1.165, 1.54) is 23.4 Å². The van der Waals surface area contributed by atoms with Gasteiger partial charge in [-0.05, 0) is 18.2 Å². The van der Waals surface area contributed by atoms with Crippen LogP contribution in [0.25, 0.3) is 0 Å². The Labute approximate surface area is 138 Å². The second-order valence-corrected chi connectivity index (χ2v) is 6.96. The van der Waals surface area contributed by atoms with Crippen LogP contribution in [0.1, 0.15) is 32.3 Å². The van der Waals surface area contributed by atoms with Crippen LogP contribution in [0.2, 0.25) is 0 Å². The number of thioether (sulfide) groups is 1. The predicted octanol–water partition coefficient (Wildman–Crippen LogP) is 3.37. The van der Waals surface area contributed by atoms with Crippen molar-refractivity contribution in [3.05, 3.63) is 48.1 Å². The van der Waals surface area contributed by atoms with Crippen molar-refractivity contribution in [3.8, 4) is 0 Å². The summed E-state index contributed by atoms with van der Waals surface area (Å²) in [7, 11) is 0. The molecule has 7 heteroatoms. The van der Waals surface area contributed by atoms with Gasteiger partial charge in [0.1, 0.15) is 29.9 Å². The third-order valence-corrected chi connectivity index (χ3v) is 5.22. The maximum Gasteiger partial charge on any atom is 0.137 e. The number of hydrogen-bond acceptors (Lipinski definition) is 4. The number of nitrogens with zero attached hydrogens (tertiary/aromatic N) is 3. The largest absolute Gasteiger partial charge is 0.382 e. The fourth-order valence-electron chi connectivity index (χ4n) is 2.38. The zero-order valence-electron chi connectivity index (χ0n) is 13.2. The first-order valence-electron chi connectivity index (χ1n) is 7.59. The van der Waals surface area contributed by atoms with E-state index in [4.69, 9.17) is 0 Å². The monoisotopic (exact) mass is 341 g/mol. The van der Waals surface area contributed by atoms with Crippen molar-refractivity contribution in [2.45, 2.75) is 44.1 Å². The molecule has 2 atom stereocenters. The van der Waals surface area contributed by atoms with Gasteiger partial charge in [0.2, 0.25) is 0 Å². The van der Waals surface area contributed by atoms with Gasteiger partial charge in [0.15, 0.2) is 0 Å². The highest BCUT2D eigenvalue weighted by atomic mass is 32.2. The van der Waals surface area contributed by atoms with E-state index < -0.39 is 17.2 Å². The number of halogens is 2. The molecule has 4 nitrogen and oxygen atoms in total. The first-order chi connectivity index (χ1) is 11.0. The zero-order chi connectivity index (χ0) is 16.9. The van der Waals surface area contributed by atoms with Gasteiger partial charge in [0.25, 0.3) is 0 Å². The summed E-state index contributed by atoms with van der Waals surface area (Å²) in [5.74, 6) is -0.559. The van der Waals surface area contributed by atoms with Crippen LogP contribution in [0.15, 0.2) is 30.9 Å². The molecule has 0 unspecified atom stereocenters. The Morgan fingerprint density at radius 3 is 2.78 bits per heavy atom. The van der Waals surface area contributed by atoms with E-state index in [0.717, 1.165) is 30.7 Å². The van der Waals surface area contributed by atoms with Crippen LogP contribution in [0.5, 0.6) is 0 Å². The molecule has 1 heterocycles. The highest BCUT2D eigenvalue weighted by Gasteiger charge is 2.39. The molecule has 0 aliphatic heterocycles. The third-order valence-electron chi connectivity index (χ3n) is 3.81. The Morgan fingerprint density at radius 1 is 1.39 bits per heavy atom. The smallest absolute Gasteiger partial charge is 0.137 e. The van der Waals surface area contributed by atoms with Gasteiger partial charge in [-0.25, -0.2) is 18.4 Å². The van der Waals surface area contributed by atoms with Gasteiger partial charge in [0.05, 0.1) is 6.54 Å². The molecule has 23 heavy (non-hydrogen) atoms. The summed E-state index contributed by atoms with van der Waals surface area (Å²) in [4.78, 5) is 3.85. The first kappa shape index (κ1) is 17.9. The second kappa shape index (κ2) is 7.88. The molecule has 0 fully saturated rings. The molecule has 1 aromatic heterocycles. The molecule has 2 aromatic rings. The highest BCUT2D eigenvalue weighted by molar-refractivity contribution is 7.99. The van der Waals surface area contributed by atoms with Gasteiger partial charge in [-0.15, -0.1) is 0 Å². The Morgan fingerprint density at radius 2 is 2.17 bits per heavy atom. The number of unbranched alkanes of at least 4 members (excludes halogenated alkanes) is 1. The van der Waals surface area contributed by atoms with E-state index in [9.17, 15) is 13.9 Å². The van der Waals surface area contributed by atoms with Crippen LogP contribution in [0, 0.1) is 11.6 Å². The van der Waals surface area contributed by atoms with Crippen molar-refractivity contribution < 1.29 is 13.9 Å². The lowest BCUT2D eigenvalue weighted by Crippen LogP contribution is -2.41. The molecule has 0 aliphatic rings. The molecule has 1 N–H and O–H groups in total. The molecule has 0 spiro atoms. The molecule has 2 rings (SSSR count). The van der Waals surface area contributed by atoms with Crippen LogP contribution in [-0.4, -0.2) is 30.9 Å². The van der Waals surface area contributed by atoms with Gasteiger partial charge in [0, 0.05) is 16.9 Å². The van der Waals surface area contributed by atoms with Gasteiger partial charge in [-0.2, -0.15) is 16.9 Å². The Hall–Kier alpha value is -1.47. The molecule has 0 saturated heterocycles. The molecule has 0 saturated carbocycles. The number of aliphatic hydroxyl groups is 1. The van der Waals surface area contributed by atoms with Crippen molar-refractivity contribution >= 4 is 11.8 Å². The maximum atomic E-state index is 14.3. The minimum absolute atomic E-state index is 0.0514. The molecule has 0 aliphatic carbocycles. The normalized spacial score (nSPS) is 15.3. The number of hydrogen-bond donors (Lipinski definition) is 1. The summed E-state index contributed by atoms with van der Waals surface area (Å²) < 4.78 is 28.9. The van der Waals surface area contributed by atoms with Crippen LogP contribution in [0.4, 0.5) is 8.78 Å². The van der Waals surface area contributed by atoms with E-state index in [0.29, 0.717) is 0 Å². The Bertz CT molecular complexity index is 624. The summed E-state index contributed by atoms with van der Waals surface area (Å²) in [6, 6.07) is 3.26. The average Bonchev–Trinajstić information content (AvgIpc) is 2.99. The van der Waals surface area contributed by atoms with Gasteiger partial charge < -0.3 is 5.11 Å². The molecule has 1 aromatic carbocycles. The van der Waals surface area contributed by atoms with Crippen molar-refractivity contribution in [2.75, 3.05) is 5.75 Å². The Kier molecular flexibility index (Phi) is 6.12. The topological polar surface area (TPSA) is 50.9 Å². The SMILES string of the molecule is CCCCS[C@H](C)[C@](O)(Cn1cncn1)c1ccc(F)cc1F. The summed E-state index contributed by atoms with van der Waals surface area (Å²) in [5, 5.41) is 14.9. The first-order valence-corrected chi connectivity index (χ1v) is 8.64. The number of benzene rings is 1. The summed E-state index contributed by atoms with van der Waals surface area (Å²) in [6.45, 7) is 3.99. The van der Waals surface area contributed by atoms with Gasteiger partial charge >= 0.3 is 0 Å². The number of aromatic nitrogens is 3. The zero-order valence-corrected chi connectivity index (χ0v) is 14.1. The summed E-state index contributed by atoms with van der Waals surface area (Å²) in [6.07, 6.45) is 4.89. The molecule has 0 radical (unpaired) electrons. The van der Waals surface area contributed by atoms with E-state index >= 15 is 0 Å². The molecule has 0 bridgehead atoms. The van der Waals surface area contributed by atoms with E-state index in [2.05, 4.69) is 17.0 Å². The lowest BCUT2D eigenvalue weighted by molar-refractivity contribution is 0.0133. The molecular weight excluding hydrogens is 320 g/mol. The van der Waals surface area contributed by atoms with Crippen LogP contribution in [0.3, 0.4) is 0 Å². The van der Waals surface area contributed by atoms with E-state index in [-0.39, 0.29) is 17.4 Å². The van der Waals surface area contributed by atoms with E-state index in [1.54, 1.807) is 11.8 Å². The molecular formula is C16H21F2N3OS. The summed E-state index contributed by atoms with van der Waals surface area (Å²) in [5.41, 5.74) is -1.44. The molecule has 0 amide bonds. The number of rotatable bonds is 8. The van der Waals surface area contributed by atoms with Crippen LogP contribution in [-0.2, 0) is 12.1 Å². The summed E-state index contributed by atoms with van der Waals surface area (Å²) >= 11 is 1.57. The van der Waals surface area contributed by atoms with Crippen molar-refractivity contribution in [3.63, 3.8) is 0 Å². The third kappa shape index (κ3) is 4.29. The fourth-order valence-corrected chi connectivity index (χ4v) is 3.66. The standard InChI is InChI=1S/C16H21F2N3OS/c1-3-4-7-23-12(2)16(22,9-21-11-19-10-20-21)14-6-5-13(17)8-15(14)18/h5-6,8,10-12,22H,3-4,7,9H2,1-2H3/t12-,16-/m1/s1. The average molecular weight is 341 g/mol. The van der Waals surface area contributed by atoms with Crippen LogP contribution >= 0.6 is 11.8 Å². The molecule has 126 valence electrons. The fraction of sp³-hybridized carbons (Fsp3) is 0.500. The predicted molar refractivity (Wildman–Crippen MR) is 87.1 cm³/mol. The van der Waals surface area contributed by atoms with E-state index in [1.807, 2.05) is 6.92 Å². The van der Waals surface area contributed by atoms with Gasteiger partial charge in [-0.3, -0.25) is 0 Å². The van der Waals surface area contributed by atoms with Crippen molar-refractivity contribution in [2.24, 2.45) is 0 Å². The highest BCUT2D eigenvalue weighted by Crippen LogP contribution is 2.36. The van der Waals surface area contributed by atoms with Crippen molar-refractivity contribution in [1.29, 1.82) is 0 Å². The van der Waals surface area contributed by atoms with Crippen LogP contribution < -0.4 is 0 Å². The Balaban J connectivity index is 2.33. The lowest BCUT2D eigenvalue weighted by atomic mass is 9.90. The minimum atomic E-state index is -1.51. The van der Waals surface area contributed by atoms with Gasteiger partial charge in [-0.1, -0.05) is 26.3 Å².